The molecule has 0 atom stereocenters. The van der Waals surface area contributed by atoms with E-state index >= 15 is 0 Å². The maximum absolute atomic E-state index is 11.2. The van der Waals surface area contributed by atoms with Gasteiger partial charge in [0, 0.05) is 6.54 Å². The first-order chi connectivity index (χ1) is 7.20. The second kappa shape index (κ2) is 6.87. The second-order valence-corrected chi connectivity index (χ2v) is 2.76. The standard InChI is InChI=1S/C10H13NO2.C2H6/c1-4-8(10(12)13-3)9-7(2)5-6-11-9;1-2/h4,11H,1-2,5-6H2,3H3;1-2H3/b9-8-;. The van der Waals surface area contributed by atoms with E-state index in [4.69, 9.17) is 0 Å². The van der Waals surface area contributed by atoms with Crippen molar-refractivity contribution >= 4 is 5.97 Å². The first kappa shape index (κ1) is 13.5. The lowest BCUT2D eigenvalue weighted by Gasteiger charge is -2.05. The molecular weight excluding hydrogens is 190 g/mol. The Morgan fingerprint density at radius 1 is 1.53 bits per heavy atom. The van der Waals surface area contributed by atoms with Crippen molar-refractivity contribution in [1.82, 2.24) is 5.32 Å². The highest BCUT2D eigenvalue weighted by atomic mass is 16.5. The minimum atomic E-state index is -0.374. The Morgan fingerprint density at radius 3 is 2.47 bits per heavy atom. The number of rotatable bonds is 2. The lowest BCUT2D eigenvalue weighted by molar-refractivity contribution is -0.135. The van der Waals surface area contributed by atoms with Crippen LogP contribution in [0.5, 0.6) is 0 Å². The van der Waals surface area contributed by atoms with Gasteiger partial charge < -0.3 is 10.1 Å². The van der Waals surface area contributed by atoms with Crippen molar-refractivity contribution in [2.24, 2.45) is 0 Å². The van der Waals surface area contributed by atoms with Crippen LogP contribution in [0.25, 0.3) is 0 Å². The predicted octanol–water partition coefficient (Wildman–Crippen LogP) is 2.18. The number of allylic oxidation sites excluding steroid dienone is 1. The normalized spacial score (nSPS) is 17.1. The van der Waals surface area contributed by atoms with E-state index in [0.717, 1.165) is 24.2 Å². The Kier molecular flexibility index (Phi) is 6.18. The monoisotopic (exact) mass is 209 g/mol. The van der Waals surface area contributed by atoms with Crippen molar-refractivity contribution in [3.8, 4) is 0 Å². The highest BCUT2D eigenvalue weighted by Crippen LogP contribution is 2.20. The third kappa shape index (κ3) is 3.27. The van der Waals surface area contributed by atoms with Gasteiger partial charge in [0.25, 0.3) is 0 Å². The zero-order valence-corrected chi connectivity index (χ0v) is 9.72. The van der Waals surface area contributed by atoms with Gasteiger partial charge in [-0.15, -0.1) is 0 Å². The zero-order chi connectivity index (χ0) is 11.8. The minimum Gasteiger partial charge on any atom is -0.465 e. The van der Waals surface area contributed by atoms with Crippen LogP contribution in [0.2, 0.25) is 0 Å². The summed E-state index contributed by atoms with van der Waals surface area (Å²) in [5, 5.41) is 3.08. The van der Waals surface area contributed by atoms with E-state index in [-0.39, 0.29) is 5.97 Å². The van der Waals surface area contributed by atoms with Gasteiger partial charge in [-0.05, 0) is 12.0 Å². The average molecular weight is 209 g/mol. The maximum Gasteiger partial charge on any atom is 0.339 e. The van der Waals surface area contributed by atoms with Crippen molar-refractivity contribution in [2.45, 2.75) is 20.3 Å². The van der Waals surface area contributed by atoms with Gasteiger partial charge in [-0.2, -0.15) is 0 Å². The van der Waals surface area contributed by atoms with E-state index in [9.17, 15) is 4.79 Å². The first-order valence-corrected chi connectivity index (χ1v) is 5.07. The van der Waals surface area contributed by atoms with Crippen LogP contribution in [0, 0.1) is 0 Å². The summed E-state index contributed by atoms with van der Waals surface area (Å²) in [6, 6.07) is 0. The number of carbonyl (C=O) groups excluding carboxylic acids is 1. The number of hydrogen-bond acceptors (Lipinski definition) is 3. The highest BCUT2D eigenvalue weighted by Gasteiger charge is 2.18. The number of ether oxygens (including phenoxy) is 1. The fourth-order valence-corrected chi connectivity index (χ4v) is 1.27. The molecule has 1 aliphatic heterocycles. The molecule has 0 aliphatic carbocycles. The zero-order valence-electron chi connectivity index (χ0n) is 9.72. The molecule has 0 unspecified atom stereocenters. The molecule has 0 aromatic heterocycles. The first-order valence-electron chi connectivity index (χ1n) is 5.07. The van der Waals surface area contributed by atoms with Crippen molar-refractivity contribution in [3.63, 3.8) is 0 Å². The van der Waals surface area contributed by atoms with Gasteiger partial charge in [0.2, 0.25) is 0 Å². The molecule has 0 spiro atoms. The molecular formula is C12H19NO2. The van der Waals surface area contributed by atoms with Crippen LogP contribution in [0.3, 0.4) is 0 Å². The highest BCUT2D eigenvalue weighted by molar-refractivity contribution is 5.93. The molecule has 3 heteroatoms. The van der Waals surface area contributed by atoms with Gasteiger partial charge in [-0.25, -0.2) is 4.79 Å². The molecule has 0 saturated carbocycles. The molecule has 3 nitrogen and oxygen atoms in total. The maximum atomic E-state index is 11.2. The van der Waals surface area contributed by atoms with Crippen molar-refractivity contribution in [2.75, 3.05) is 13.7 Å². The Hall–Kier alpha value is -1.51. The number of methoxy groups -OCH3 is 1. The SMILES string of the molecule is C=C/C(C(=O)OC)=C1/NCCC1=C.CC. The average Bonchev–Trinajstić information content (AvgIpc) is 2.69. The Balaban J connectivity index is 0.000000921. The topological polar surface area (TPSA) is 38.3 Å². The summed E-state index contributed by atoms with van der Waals surface area (Å²) in [6.07, 6.45) is 2.36. The molecule has 84 valence electrons. The molecule has 0 bridgehead atoms. The molecule has 1 fully saturated rings. The van der Waals surface area contributed by atoms with E-state index < -0.39 is 0 Å². The van der Waals surface area contributed by atoms with Gasteiger partial charge >= 0.3 is 5.97 Å². The van der Waals surface area contributed by atoms with Crippen LogP contribution < -0.4 is 5.32 Å². The Bertz CT molecular complexity index is 290. The molecule has 0 radical (unpaired) electrons. The van der Waals surface area contributed by atoms with E-state index in [0.29, 0.717) is 5.57 Å². The molecule has 1 N–H and O–H groups in total. The molecule has 1 heterocycles. The number of nitrogens with one attached hydrogen (secondary N) is 1. The number of esters is 1. The lowest BCUT2D eigenvalue weighted by Crippen LogP contribution is -2.13. The molecule has 1 rings (SSSR count). The van der Waals surface area contributed by atoms with Crippen molar-refractivity contribution < 1.29 is 9.53 Å². The summed E-state index contributed by atoms with van der Waals surface area (Å²) in [6.45, 7) is 12.2. The number of carbonyl (C=O) groups is 1. The van der Waals surface area contributed by atoms with Gasteiger partial charge in [0.05, 0.1) is 18.4 Å². The predicted molar refractivity (Wildman–Crippen MR) is 62.3 cm³/mol. The largest absolute Gasteiger partial charge is 0.465 e. The lowest BCUT2D eigenvalue weighted by atomic mass is 10.1. The van der Waals surface area contributed by atoms with Crippen molar-refractivity contribution in [3.05, 3.63) is 36.1 Å². The molecule has 1 aliphatic rings. The molecule has 1 saturated heterocycles. The van der Waals surface area contributed by atoms with Crippen molar-refractivity contribution in [1.29, 1.82) is 0 Å². The third-order valence-electron chi connectivity index (χ3n) is 1.96. The summed E-state index contributed by atoms with van der Waals surface area (Å²) in [7, 11) is 1.35. The fourth-order valence-electron chi connectivity index (χ4n) is 1.27. The van der Waals surface area contributed by atoms with Crippen LogP contribution >= 0.6 is 0 Å². The van der Waals surface area contributed by atoms with Crippen LogP contribution in [0.1, 0.15) is 20.3 Å². The Labute approximate surface area is 91.5 Å². The quantitative estimate of drug-likeness (QED) is 0.559. The van der Waals surface area contributed by atoms with Gasteiger partial charge in [-0.1, -0.05) is 33.1 Å². The second-order valence-electron chi connectivity index (χ2n) is 2.76. The smallest absolute Gasteiger partial charge is 0.339 e. The van der Waals surface area contributed by atoms with Crippen LogP contribution in [-0.2, 0) is 9.53 Å². The van der Waals surface area contributed by atoms with Crippen LogP contribution in [-0.4, -0.2) is 19.6 Å². The summed E-state index contributed by atoms with van der Waals surface area (Å²) in [5.74, 6) is -0.374. The van der Waals surface area contributed by atoms with Gasteiger partial charge in [0.1, 0.15) is 0 Å². The summed E-state index contributed by atoms with van der Waals surface area (Å²) in [5.41, 5.74) is 2.16. The van der Waals surface area contributed by atoms with E-state index in [1.165, 1.54) is 13.2 Å². The minimum absolute atomic E-state index is 0.374. The van der Waals surface area contributed by atoms with E-state index in [1.807, 2.05) is 13.8 Å². The van der Waals surface area contributed by atoms with Gasteiger partial charge in [-0.3, -0.25) is 0 Å². The van der Waals surface area contributed by atoms with Crippen LogP contribution in [0.4, 0.5) is 0 Å². The van der Waals surface area contributed by atoms with E-state index in [2.05, 4.69) is 23.2 Å². The van der Waals surface area contributed by atoms with Crippen LogP contribution in [0.15, 0.2) is 36.1 Å². The Morgan fingerprint density at radius 2 is 2.13 bits per heavy atom. The van der Waals surface area contributed by atoms with Gasteiger partial charge in [0.15, 0.2) is 0 Å². The molecule has 0 aromatic carbocycles. The van der Waals surface area contributed by atoms with E-state index in [1.54, 1.807) is 0 Å². The molecule has 0 amide bonds. The summed E-state index contributed by atoms with van der Waals surface area (Å²) >= 11 is 0. The fraction of sp³-hybridized carbons (Fsp3) is 0.417. The summed E-state index contributed by atoms with van der Waals surface area (Å²) in [4.78, 5) is 11.2. The molecule has 15 heavy (non-hydrogen) atoms. The number of hydrogen-bond donors (Lipinski definition) is 1. The molecule has 0 aromatic rings. The summed E-state index contributed by atoms with van der Waals surface area (Å²) < 4.78 is 4.61. The third-order valence-corrected chi connectivity index (χ3v) is 1.96.